The molecule has 0 unspecified atom stereocenters. The van der Waals surface area contributed by atoms with Crippen LogP contribution in [0.4, 0.5) is 0 Å². The Kier molecular flexibility index (Phi) is 4.97. The molecule has 0 spiro atoms. The van der Waals surface area contributed by atoms with E-state index >= 15 is 0 Å². The summed E-state index contributed by atoms with van der Waals surface area (Å²) in [4.78, 5) is 2.49. The molecule has 78 valence electrons. The third kappa shape index (κ3) is 3.36. The SMILES string of the molecule is CC(C)N(C)C1CCC(OI)CC1. The van der Waals surface area contributed by atoms with Gasteiger partial charge < -0.3 is 7.97 Å². The van der Waals surface area contributed by atoms with Gasteiger partial charge in [0.1, 0.15) is 23.0 Å². The second-order valence-electron chi connectivity index (χ2n) is 4.28. The molecule has 2 nitrogen and oxygen atoms in total. The highest BCUT2D eigenvalue weighted by molar-refractivity contribution is 14.1. The molecule has 1 aliphatic rings. The van der Waals surface area contributed by atoms with Gasteiger partial charge in [0.25, 0.3) is 0 Å². The average molecular weight is 297 g/mol. The monoisotopic (exact) mass is 297 g/mol. The molecule has 0 atom stereocenters. The van der Waals surface area contributed by atoms with Crippen molar-refractivity contribution in [1.29, 1.82) is 0 Å². The van der Waals surface area contributed by atoms with E-state index in [0.29, 0.717) is 12.1 Å². The van der Waals surface area contributed by atoms with Crippen LogP contribution in [0.2, 0.25) is 0 Å². The standard InChI is InChI=1S/C10H20INO/c1-8(2)12(3)9-4-6-10(13-11)7-5-9/h8-10H,4-7H2,1-3H3. The summed E-state index contributed by atoms with van der Waals surface area (Å²) in [6.07, 6.45) is 5.55. The fourth-order valence-corrected chi connectivity index (χ4v) is 2.47. The van der Waals surface area contributed by atoms with Gasteiger partial charge in [0.05, 0.1) is 6.10 Å². The lowest BCUT2D eigenvalue weighted by molar-refractivity contribution is 0.109. The molecule has 0 aliphatic heterocycles. The molecule has 0 aromatic rings. The second-order valence-corrected chi connectivity index (χ2v) is 4.79. The van der Waals surface area contributed by atoms with E-state index in [1.54, 1.807) is 0 Å². The third-order valence-corrected chi connectivity index (χ3v) is 3.88. The summed E-state index contributed by atoms with van der Waals surface area (Å²) >= 11 is 2.03. The summed E-state index contributed by atoms with van der Waals surface area (Å²) in [5.41, 5.74) is 0. The van der Waals surface area contributed by atoms with Crippen LogP contribution in [0.5, 0.6) is 0 Å². The molecule has 1 aliphatic carbocycles. The van der Waals surface area contributed by atoms with Crippen LogP contribution in [0, 0.1) is 0 Å². The molecule has 1 saturated carbocycles. The molecule has 0 bridgehead atoms. The van der Waals surface area contributed by atoms with Gasteiger partial charge >= 0.3 is 0 Å². The topological polar surface area (TPSA) is 12.5 Å². The highest BCUT2D eigenvalue weighted by atomic mass is 127. The zero-order valence-electron chi connectivity index (χ0n) is 8.79. The van der Waals surface area contributed by atoms with Gasteiger partial charge in [0, 0.05) is 12.1 Å². The highest BCUT2D eigenvalue weighted by Gasteiger charge is 2.24. The average Bonchev–Trinajstić information content (AvgIpc) is 2.17. The number of nitrogens with zero attached hydrogens (tertiary/aromatic N) is 1. The lowest BCUT2D eigenvalue weighted by Gasteiger charge is -2.36. The fraction of sp³-hybridized carbons (Fsp3) is 1.00. The number of halogens is 1. The number of rotatable bonds is 3. The van der Waals surface area contributed by atoms with Crippen molar-refractivity contribution < 1.29 is 3.07 Å². The Labute approximate surface area is 95.7 Å². The Bertz CT molecular complexity index is 144. The molecule has 0 aromatic heterocycles. The molecule has 1 fully saturated rings. The predicted molar refractivity (Wildman–Crippen MR) is 64.0 cm³/mol. The molecule has 0 heterocycles. The van der Waals surface area contributed by atoms with E-state index in [2.05, 4.69) is 25.8 Å². The van der Waals surface area contributed by atoms with Gasteiger partial charge in [0.2, 0.25) is 0 Å². The van der Waals surface area contributed by atoms with Crippen LogP contribution in [0.15, 0.2) is 0 Å². The molecular weight excluding hydrogens is 277 g/mol. The van der Waals surface area contributed by atoms with Crippen molar-refractivity contribution >= 4 is 23.0 Å². The lowest BCUT2D eigenvalue weighted by Crippen LogP contribution is -2.40. The van der Waals surface area contributed by atoms with E-state index in [9.17, 15) is 0 Å². The van der Waals surface area contributed by atoms with Crippen molar-refractivity contribution in [2.75, 3.05) is 7.05 Å². The first-order valence-corrected chi connectivity index (χ1v) is 6.02. The van der Waals surface area contributed by atoms with Gasteiger partial charge in [-0.25, -0.2) is 0 Å². The Morgan fingerprint density at radius 3 is 2.15 bits per heavy atom. The molecular formula is C10H20INO. The van der Waals surface area contributed by atoms with Crippen molar-refractivity contribution in [2.24, 2.45) is 0 Å². The minimum atomic E-state index is 0.511. The predicted octanol–water partition coefficient (Wildman–Crippen LogP) is 3.00. The molecule has 0 saturated heterocycles. The van der Waals surface area contributed by atoms with Crippen molar-refractivity contribution in [3.05, 3.63) is 0 Å². The highest BCUT2D eigenvalue weighted by Crippen LogP contribution is 2.26. The summed E-state index contributed by atoms with van der Waals surface area (Å²) < 4.78 is 5.33. The third-order valence-electron chi connectivity index (χ3n) is 3.16. The zero-order valence-corrected chi connectivity index (χ0v) is 11.0. The first-order chi connectivity index (χ1) is 6.15. The van der Waals surface area contributed by atoms with Gasteiger partial charge in [-0.1, -0.05) is 0 Å². The quantitative estimate of drug-likeness (QED) is 0.743. The molecule has 3 heteroatoms. The van der Waals surface area contributed by atoms with Crippen molar-refractivity contribution in [1.82, 2.24) is 4.90 Å². The van der Waals surface area contributed by atoms with E-state index in [0.717, 1.165) is 6.04 Å². The summed E-state index contributed by atoms with van der Waals surface area (Å²) in [7, 11) is 2.24. The molecule has 0 aromatic carbocycles. The van der Waals surface area contributed by atoms with E-state index in [4.69, 9.17) is 3.07 Å². The van der Waals surface area contributed by atoms with Crippen molar-refractivity contribution in [3.8, 4) is 0 Å². The molecule has 0 N–H and O–H groups in total. The van der Waals surface area contributed by atoms with Crippen molar-refractivity contribution in [3.63, 3.8) is 0 Å². The van der Waals surface area contributed by atoms with Crippen LogP contribution in [0.25, 0.3) is 0 Å². The minimum absolute atomic E-state index is 0.511. The minimum Gasteiger partial charge on any atom is -0.312 e. The van der Waals surface area contributed by atoms with Crippen LogP contribution in [0.3, 0.4) is 0 Å². The van der Waals surface area contributed by atoms with Crippen LogP contribution >= 0.6 is 23.0 Å². The summed E-state index contributed by atoms with van der Waals surface area (Å²) in [5.74, 6) is 0. The number of hydrogen-bond acceptors (Lipinski definition) is 2. The van der Waals surface area contributed by atoms with Gasteiger partial charge in [-0.15, -0.1) is 0 Å². The van der Waals surface area contributed by atoms with Gasteiger partial charge in [-0.05, 0) is 46.6 Å². The first kappa shape index (κ1) is 11.7. The molecule has 0 radical (unpaired) electrons. The zero-order chi connectivity index (χ0) is 9.84. The van der Waals surface area contributed by atoms with Crippen LogP contribution < -0.4 is 0 Å². The summed E-state index contributed by atoms with van der Waals surface area (Å²) in [5, 5.41) is 0. The lowest BCUT2D eigenvalue weighted by atomic mass is 9.92. The Morgan fingerprint density at radius 1 is 1.23 bits per heavy atom. The number of hydrogen-bond donors (Lipinski definition) is 0. The van der Waals surface area contributed by atoms with E-state index in [1.807, 2.05) is 23.0 Å². The maximum Gasteiger partial charge on any atom is 0.110 e. The van der Waals surface area contributed by atoms with Gasteiger partial charge in [-0.3, -0.25) is 0 Å². The summed E-state index contributed by atoms with van der Waals surface area (Å²) in [6, 6.07) is 1.45. The second kappa shape index (κ2) is 5.51. The van der Waals surface area contributed by atoms with Crippen LogP contribution in [-0.4, -0.2) is 30.1 Å². The molecule has 0 amide bonds. The van der Waals surface area contributed by atoms with Gasteiger partial charge in [0.15, 0.2) is 0 Å². The Morgan fingerprint density at radius 2 is 1.77 bits per heavy atom. The van der Waals surface area contributed by atoms with E-state index in [-0.39, 0.29) is 0 Å². The van der Waals surface area contributed by atoms with E-state index in [1.165, 1.54) is 25.7 Å². The van der Waals surface area contributed by atoms with Crippen molar-refractivity contribution in [2.45, 2.75) is 57.7 Å². The molecule has 1 rings (SSSR count). The molecule has 13 heavy (non-hydrogen) atoms. The smallest absolute Gasteiger partial charge is 0.110 e. The fourth-order valence-electron chi connectivity index (χ4n) is 1.96. The van der Waals surface area contributed by atoms with Gasteiger partial charge in [-0.2, -0.15) is 0 Å². The Hall–Kier alpha value is 0.650. The van der Waals surface area contributed by atoms with Crippen LogP contribution in [0.1, 0.15) is 39.5 Å². The normalized spacial score (nSPS) is 30.0. The largest absolute Gasteiger partial charge is 0.312 e. The van der Waals surface area contributed by atoms with Crippen LogP contribution in [-0.2, 0) is 3.07 Å². The maximum atomic E-state index is 5.33. The van der Waals surface area contributed by atoms with E-state index < -0.39 is 0 Å². The first-order valence-electron chi connectivity index (χ1n) is 5.14. The maximum absolute atomic E-state index is 5.33. The summed E-state index contributed by atoms with van der Waals surface area (Å²) in [6.45, 7) is 4.53. The Balaban J connectivity index is 2.32.